The second kappa shape index (κ2) is 6.46. The van der Waals surface area contributed by atoms with Crippen molar-refractivity contribution in [2.45, 2.75) is 24.8 Å². The first-order valence-electron chi connectivity index (χ1n) is 6.76. The molecule has 2 rings (SSSR count). The maximum atomic E-state index is 13.2. The van der Waals surface area contributed by atoms with Gasteiger partial charge in [-0.25, -0.2) is 17.5 Å². The van der Waals surface area contributed by atoms with Crippen LogP contribution in [0.2, 0.25) is 0 Å². The van der Waals surface area contributed by atoms with Gasteiger partial charge in [0.1, 0.15) is 11.6 Å². The van der Waals surface area contributed by atoms with Crippen molar-refractivity contribution in [3.63, 3.8) is 0 Å². The summed E-state index contributed by atoms with van der Waals surface area (Å²) in [6.07, 6.45) is 0. The Morgan fingerprint density at radius 3 is 2.55 bits per heavy atom. The summed E-state index contributed by atoms with van der Waals surface area (Å²) in [7, 11) is -2.28. The van der Waals surface area contributed by atoms with Gasteiger partial charge in [-0.05, 0) is 38.1 Å². The van der Waals surface area contributed by atoms with Crippen LogP contribution in [-0.4, -0.2) is 15.5 Å². The molecule has 1 unspecified atom stereocenters. The number of halogens is 1. The summed E-state index contributed by atoms with van der Waals surface area (Å²) in [5.41, 5.74) is 1.72. The number of ether oxygens (including phenoxy) is 1. The van der Waals surface area contributed by atoms with Gasteiger partial charge in [-0.2, -0.15) is 0 Å². The van der Waals surface area contributed by atoms with E-state index in [-0.39, 0.29) is 4.90 Å². The van der Waals surface area contributed by atoms with E-state index < -0.39 is 21.9 Å². The largest absolute Gasteiger partial charge is 0.496 e. The number of rotatable bonds is 5. The van der Waals surface area contributed by atoms with E-state index in [4.69, 9.17) is 4.74 Å². The lowest BCUT2D eigenvalue weighted by atomic mass is 10.1. The van der Waals surface area contributed by atoms with Gasteiger partial charge in [0.25, 0.3) is 0 Å². The molecule has 0 aliphatic rings. The SMILES string of the molecule is COc1ccc(C)cc1C(C)NS(=O)(=O)c1cccc(F)c1. The Hall–Kier alpha value is -1.92. The van der Waals surface area contributed by atoms with Crippen LogP contribution in [0, 0.1) is 12.7 Å². The molecule has 1 atom stereocenters. The Labute approximate surface area is 130 Å². The number of hydrogen-bond acceptors (Lipinski definition) is 3. The Balaban J connectivity index is 2.32. The van der Waals surface area contributed by atoms with E-state index in [1.54, 1.807) is 13.0 Å². The van der Waals surface area contributed by atoms with Crippen LogP contribution in [0.4, 0.5) is 4.39 Å². The molecule has 0 fully saturated rings. The minimum Gasteiger partial charge on any atom is -0.496 e. The van der Waals surface area contributed by atoms with E-state index >= 15 is 0 Å². The molecule has 4 nitrogen and oxygen atoms in total. The molecule has 6 heteroatoms. The molecule has 22 heavy (non-hydrogen) atoms. The van der Waals surface area contributed by atoms with Crippen LogP contribution in [0.25, 0.3) is 0 Å². The topological polar surface area (TPSA) is 55.4 Å². The molecular formula is C16H18FNO3S. The number of aryl methyl sites for hydroxylation is 1. The zero-order valence-electron chi connectivity index (χ0n) is 12.6. The molecule has 2 aromatic carbocycles. The van der Waals surface area contributed by atoms with Crippen LogP contribution in [0.5, 0.6) is 5.75 Å². The fourth-order valence-corrected chi connectivity index (χ4v) is 3.44. The summed E-state index contributed by atoms with van der Waals surface area (Å²) in [5.74, 6) is 0.00343. The number of benzene rings is 2. The number of methoxy groups -OCH3 is 1. The zero-order chi connectivity index (χ0) is 16.3. The molecule has 0 saturated heterocycles. The minimum atomic E-state index is -3.81. The number of nitrogens with one attached hydrogen (secondary N) is 1. The van der Waals surface area contributed by atoms with Gasteiger partial charge in [-0.1, -0.05) is 23.8 Å². The van der Waals surface area contributed by atoms with E-state index in [1.807, 2.05) is 19.1 Å². The summed E-state index contributed by atoms with van der Waals surface area (Å²) in [5, 5.41) is 0. The van der Waals surface area contributed by atoms with E-state index in [2.05, 4.69) is 4.72 Å². The molecule has 0 aliphatic carbocycles. The molecule has 2 aromatic rings. The zero-order valence-corrected chi connectivity index (χ0v) is 13.4. The van der Waals surface area contributed by atoms with E-state index in [0.717, 1.165) is 17.2 Å². The van der Waals surface area contributed by atoms with Crippen molar-refractivity contribution < 1.29 is 17.5 Å². The first-order valence-corrected chi connectivity index (χ1v) is 8.24. The lowest BCUT2D eigenvalue weighted by molar-refractivity contribution is 0.405. The second-order valence-electron chi connectivity index (χ2n) is 5.05. The highest BCUT2D eigenvalue weighted by atomic mass is 32.2. The third kappa shape index (κ3) is 3.64. The van der Waals surface area contributed by atoms with Crippen LogP contribution in [-0.2, 0) is 10.0 Å². The third-order valence-electron chi connectivity index (χ3n) is 3.29. The van der Waals surface area contributed by atoms with Gasteiger partial charge in [-0.3, -0.25) is 0 Å². The summed E-state index contributed by atoms with van der Waals surface area (Å²) in [4.78, 5) is -0.106. The van der Waals surface area contributed by atoms with Gasteiger partial charge in [0.2, 0.25) is 10.0 Å². The van der Waals surface area contributed by atoms with Crippen molar-refractivity contribution in [2.24, 2.45) is 0 Å². The summed E-state index contributed by atoms with van der Waals surface area (Å²) in [6, 6.07) is 9.93. The van der Waals surface area contributed by atoms with Crippen molar-refractivity contribution in [2.75, 3.05) is 7.11 Å². The monoisotopic (exact) mass is 323 g/mol. The van der Waals surface area contributed by atoms with Crippen molar-refractivity contribution in [3.05, 3.63) is 59.4 Å². The highest BCUT2D eigenvalue weighted by molar-refractivity contribution is 7.89. The number of hydrogen-bond donors (Lipinski definition) is 1. The molecule has 1 N–H and O–H groups in total. The maximum absolute atomic E-state index is 13.2. The Kier molecular flexibility index (Phi) is 4.83. The van der Waals surface area contributed by atoms with Crippen LogP contribution in [0.1, 0.15) is 24.1 Å². The molecule has 0 amide bonds. The van der Waals surface area contributed by atoms with Gasteiger partial charge in [0, 0.05) is 11.6 Å². The highest BCUT2D eigenvalue weighted by Crippen LogP contribution is 2.27. The van der Waals surface area contributed by atoms with Crippen LogP contribution >= 0.6 is 0 Å². The van der Waals surface area contributed by atoms with Gasteiger partial charge in [-0.15, -0.1) is 0 Å². The molecule has 0 spiro atoms. The van der Waals surface area contributed by atoms with Crippen LogP contribution in [0.15, 0.2) is 47.4 Å². The molecule has 118 valence electrons. The molecule has 0 aromatic heterocycles. The standard InChI is InChI=1S/C16H18FNO3S/c1-11-7-8-16(21-3)15(9-11)12(2)18-22(19,20)14-6-4-5-13(17)10-14/h4-10,12,18H,1-3H3. The lowest BCUT2D eigenvalue weighted by Gasteiger charge is -2.18. The van der Waals surface area contributed by atoms with Crippen LogP contribution in [0.3, 0.4) is 0 Å². The van der Waals surface area contributed by atoms with Crippen molar-refractivity contribution in [1.82, 2.24) is 4.72 Å². The highest BCUT2D eigenvalue weighted by Gasteiger charge is 2.21. The lowest BCUT2D eigenvalue weighted by Crippen LogP contribution is -2.27. The third-order valence-corrected chi connectivity index (χ3v) is 4.83. The average molecular weight is 323 g/mol. The van der Waals surface area contributed by atoms with Crippen molar-refractivity contribution in [1.29, 1.82) is 0 Å². The first-order chi connectivity index (χ1) is 10.3. The minimum absolute atomic E-state index is 0.106. The molecule has 0 aliphatic heterocycles. The van der Waals surface area contributed by atoms with Gasteiger partial charge in [0.15, 0.2) is 0 Å². The second-order valence-corrected chi connectivity index (χ2v) is 6.76. The predicted molar refractivity (Wildman–Crippen MR) is 82.9 cm³/mol. The first kappa shape index (κ1) is 16.5. The van der Waals surface area contributed by atoms with Crippen molar-refractivity contribution >= 4 is 10.0 Å². The van der Waals surface area contributed by atoms with Gasteiger partial charge in [0.05, 0.1) is 12.0 Å². The smallest absolute Gasteiger partial charge is 0.241 e. The van der Waals surface area contributed by atoms with E-state index in [0.29, 0.717) is 5.75 Å². The molecular weight excluding hydrogens is 305 g/mol. The maximum Gasteiger partial charge on any atom is 0.241 e. The van der Waals surface area contributed by atoms with Crippen LogP contribution < -0.4 is 9.46 Å². The van der Waals surface area contributed by atoms with E-state index in [1.165, 1.54) is 25.3 Å². The fraction of sp³-hybridized carbons (Fsp3) is 0.250. The quantitative estimate of drug-likeness (QED) is 0.919. The van der Waals surface area contributed by atoms with Gasteiger partial charge >= 0.3 is 0 Å². The normalized spacial score (nSPS) is 12.9. The summed E-state index contributed by atoms with van der Waals surface area (Å²) >= 11 is 0. The molecule has 0 heterocycles. The predicted octanol–water partition coefficient (Wildman–Crippen LogP) is 3.18. The summed E-state index contributed by atoms with van der Waals surface area (Å²) < 4.78 is 45.7. The molecule has 0 saturated carbocycles. The number of sulfonamides is 1. The molecule has 0 radical (unpaired) electrons. The Morgan fingerprint density at radius 2 is 1.91 bits per heavy atom. The van der Waals surface area contributed by atoms with Gasteiger partial charge < -0.3 is 4.74 Å². The Morgan fingerprint density at radius 1 is 1.18 bits per heavy atom. The fourth-order valence-electron chi connectivity index (χ4n) is 2.19. The Bertz CT molecular complexity index is 775. The van der Waals surface area contributed by atoms with Crippen molar-refractivity contribution in [3.8, 4) is 5.75 Å². The average Bonchev–Trinajstić information content (AvgIpc) is 2.46. The summed E-state index contributed by atoms with van der Waals surface area (Å²) in [6.45, 7) is 3.63. The van der Waals surface area contributed by atoms with E-state index in [9.17, 15) is 12.8 Å². The molecule has 0 bridgehead atoms.